The van der Waals surface area contributed by atoms with E-state index >= 15 is 0 Å². The minimum Gasteiger partial charge on any atom is -0.481 e. The smallest absolute Gasteiger partial charge is 0.303 e. The van der Waals surface area contributed by atoms with E-state index in [2.05, 4.69) is 25.2 Å². The van der Waals surface area contributed by atoms with Crippen molar-refractivity contribution in [3.63, 3.8) is 0 Å². The highest BCUT2D eigenvalue weighted by atomic mass is 16.4. The minimum absolute atomic E-state index is 0.287. The quantitative estimate of drug-likeness (QED) is 0.360. The van der Waals surface area contributed by atoms with E-state index in [1.165, 1.54) is 0 Å². The summed E-state index contributed by atoms with van der Waals surface area (Å²) in [6, 6.07) is 0. The number of ketones is 1. The van der Waals surface area contributed by atoms with Crippen LogP contribution in [0.5, 0.6) is 0 Å². The molecule has 0 fully saturated rings. The average Bonchev–Trinajstić information content (AvgIpc) is 2.45. The number of hydrogen-bond acceptors (Lipinski definition) is 2. The van der Waals surface area contributed by atoms with Gasteiger partial charge in [0, 0.05) is 19.3 Å². The normalized spacial score (nSPS) is 11.5. The molecule has 0 aromatic rings. The lowest BCUT2D eigenvalue weighted by molar-refractivity contribution is -0.137. The summed E-state index contributed by atoms with van der Waals surface area (Å²) in [6.07, 6.45) is 17.8. The average molecular weight is 294 g/mol. The van der Waals surface area contributed by atoms with Crippen LogP contribution in [0.4, 0.5) is 0 Å². The first-order valence-corrected chi connectivity index (χ1v) is 8.20. The molecule has 0 saturated heterocycles. The molecule has 0 spiro atoms. The van der Waals surface area contributed by atoms with Crippen molar-refractivity contribution in [3.8, 4) is 0 Å². The van der Waals surface area contributed by atoms with Gasteiger partial charge in [-0.2, -0.15) is 0 Å². The number of carboxylic acids is 1. The second kappa shape index (κ2) is 15.0. The molecule has 0 radical (unpaired) electrons. The van der Waals surface area contributed by atoms with Gasteiger partial charge in [-0.1, -0.05) is 50.5 Å². The Kier molecular flexibility index (Phi) is 14.0. The van der Waals surface area contributed by atoms with E-state index in [0.29, 0.717) is 18.6 Å². The first-order valence-electron chi connectivity index (χ1n) is 8.20. The van der Waals surface area contributed by atoms with E-state index in [-0.39, 0.29) is 6.42 Å². The van der Waals surface area contributed by atoms with E-state index in [4.69, 9.17) is 5.11 Å². The number of hydrogen-bond donors (Lipinski definition) is 1. The fourth-order valence-corrected chi connectivity index (χ4v) is 2.03. The van der Waals surface area contributed by atoms with Crippen LogP contribution in [-0.2, 0) is 9.59 Å². The van der Waals surface area contributed by atoms with Crippen LogP contribution in [0.1, 0.15) is 77.6 Å². The maximum Gasteiger partial charge on any atom is 0.303 e. The number of carboxylic acid groups (broad SMARTS) is 1. The number of Topliss-reactive ketones (excluding diaryl/α,β-unsaturated/α-hetero) is 1. The Morgan fingerprint density at radius 1 is 0.810 bits per heavy atom. The molecule has 120 valence electrons. The van der Waals surface area contributed by atoms with Gasteiger partial charge in [-0.25, -0.2) is 0 Å². The number of unbranched alkanes of at least 4 members (excludes halogenated alkanes) is 5. The summed E-state index contributed by atoms with van der Waals surface area (Å²) in [4.78, 5) is 21.9. The highest BCUT2D eigenvalue weighted by Gasteiger charge is 1.97. The van der Waals surface area contributed by atoms with Crippen molar-refractivity contribution in [3.05, 3.63) is 24.3 Å². The molecule has 0 atom stereocenters. The van der Waals surface area contributed by atoms with Gasteiger partial charge in [0.1, 0.15) is 5.78 Å². The van der Waals surface area contributed by atoms with Gasteiger partial charge in [0.25, 0.3) is 0 Å². The third-order valence-electron chi connectivity index (χ3n) is 3.27. The highest BCUT2D eigenvalue weighted by Crippen LogP contribution is 2.08. The molecular formula is C18H30O3. The van der Waals surface area contributed by atoms with E-state index in [9.17, 15) is 9.59 Å². The van der Waals surface area contributed by atoms with Gasteiger partial charge in [0.2, 0.25) is 0 Å². The van der Waals surface area contributed by atoms with Gasteiger partial charge >= 0.3 is 5.97 Å². The molecule has 0 unspecified atom stereocenters. The topological polar surface area (TPSA) is 54.4 Å². The van der Waals surface area contributed by atoms with Crippen LogP contribution < -0.4 is 0 Å². The summed E-state index contributed by atoms with van der Waals surface area (Å²) in [7, 11) is 0. The highest BCUT2D eigenvalue weighted by molar-refractivity contribution is 5.79. The van der Waals surface area contributed by atoms with Gasteiger partial charge in [0.05, 0.1) is 0 Å². The molecule has 0 saturated carbocycles. The van der Waals surface area contributed by atoms with Crippen molar-refractivity contribution in [1.29, 1.82) is 0 Å². The molecule has 0 aliphatic carbocycles. The molecule has 0 bridgehead atoms. The van der Waals surface area contributed by atoms with Gasteiger partial charge in [-0.05, 0) is 32.1 Å². The number of carbonyl (C=O) groups is 2. The lowest BCUT2D eigenvalue weighted by Crippen LogP contribution is -1.94. The Bertz CT molecular complexity index is 329. The van der Waals surface area contributed by atoms with E-state index in [0.717, 1.165) is 51.4 Å². The van der Waals surface area contributed by atoms with Gasteiger partial charge in [-0.15, -0.1) is 0 Å². The Morgan fingerprint density at radius 3 is 2.19 bits per heavy atom. The number of carbonyl (C=O) groups excluding carboxylic acids is 1. The van der Waals surface area contributed by atoms with Gasteiger partial charge < -0.3 is 5.11 Å². The fourth-order valence-electron chi connectivity index (χ4n) is 2.03. The zero-order valence-corrected chi connectivity index (χ0v) is 13.4. The standard InChI is InChI=1S/C18H30O3/c1-2-3-4-11-14-17(19)15-12-9-7-5-6-8-10-13-16-18(20)21/h3-4,9,12H,2,5-8,10-11,13-16H2,1H3,(H,20,21). The van der Waals surface area contributed by atoms with Crippen molar-refractivity contribution < 1.29 is 14.7 Å². The Hall–Kier alpha value is -1.38. The zero-order valence-electron chi connectivity index (χ0n) is 13.4. The van der Waals surface area contributed by atoms with Crippen LogP contribution >= 0.6 is 0 Å². The molecule has 0 aliphatic rings. The Labute approximate surface area is 129 Å². The minimum atomic E-state index is -0.701. The van der Waals surface area contributed by atoms with Gasteiger partial charge in [0.15, 0.2) is 0 Å². The molecule has 0 aliphatic heterocycles. The monoisotopic (exact) mass is 294 g/mol. The molecule has 3 heteroatoms. The molecule has 3 nitrogen and oxygen atoms in total. The summed E-state index contributed by atoms with van der Waals surface area (Å²) < 4.78 is 0. The van der Waals surface area contributed by atoms with Crippen LogP contribution in [0, 0.1) is 0 Å². The number of rotatable bonds is 14. The lowest BCUT2D eigenvalue weighted by Gasteiger charge is -1.98. The summed E-state index contributed by atoms with van der Waals surface area (Å²) in [5.41, 5.74) is 0. The molecule has 21 heavy (non-hydrogen) atoms. The summed E-state index contributed by atoms with van der Waals surface area (Å²) in [6.45, 7) is 2.09. The van der Waals surface area contributed by atoms with Crippen molar-refractivity contribution >= 4 is 11.8 Å². The second-order valence-electron chi connectivity index (χ2n) is 5.33. The van der Waals surface area contributed by atoms with Crippen LogP contribution in [-0.4, -0.2) is 16.9 Å². The lowest BCUT2D eigenvalue weighted by atomic mass is 10.1. The second-order valence-corrected chi connectivity index (χ2v) is 5.33. The van der Waals surface area contributed by atoms with Crippen molar-refractivity contribution in [1.82, 2.24) is 0 Å². The van der Waals surface area contributed by atoms with Crippen molar-refractivity contribution in [2.45, 2.75) is 77.6 Å². The van der Waals surface area contributed by atoms with Crippen LogP contribution in [0.15, 0.2) is 24.3 Å². The number of allylic oxidation sites excluding steroid dienone is 4. The first-order chi connectivity index (χ1) is 10.2. The summed E-state index contributed by atoms with van der Waals surface area (Å²) in [5.74, 6) is -0.395. The van der Waals surface area contributed by atoms with E-state index in [1.54, 1.807) is 0 Å². The molecule has 0 rings (SSSR count). The van der Waals surface area contributed by atoms with E-state index in [1.807, 2.05) is 6.08 Å². The Balaban J connectivity index is 3.33. The molecule has 1 N–H and O–H groups in total. The summed E-state index contributed by atoms with van der Waals surface area (Å²) >= 11 is 0. The third-order valence-corrected chi connectivity index (χ3v) is 3.27. The molecular weight excluding hydrogens is 264 g/mol. The fraction of sp³-hybridized carbons (Fsp3) is 0.667. The third kappa shape index (κ3) is 16.6. The maximum atomic E-state index is 11.5. The zero-order chi connectivity index (χ0) is 15.8. The van der Waals surface area contributed by atoms with Crippen LogP contribution in [0.3, 0.4) is 0 Å². The SMILES string of the molecule is CCC=CCCC(=O)CC=CCCCCCCCC(=O)O. The molecule has 0 heterocycles. The molecule has 0 amide bonds. The summed E-state index contributed by atoms with van der Waals surface area (Å²) in [5, 5.41) is 8.50. The van der Waals surface area contributed by atoms with Gasteiger partial charge in [-0.3, -0.25) is 9.59 Å². The predicted octanol–water partition coefficient (Wildman–Crippen LogP) is 5.06. The molecule has 0 aromatic heterocycles. The number of aliphatic carboxylic acids is 1. The van der Waals surface area contributed by atoms with Crippen LogP contribution in [0.2, 0.25) is 0 Å². The van der Waals surface area contributed by atoms with E-state index < -0.39 is 5.97 Å². The molecule has 0 aromatic carbocycles. The van der Waals surface area contributed by atoms with Crippen molar-refractivity contribution in [2.75, 3.05) is 0 Å². The largest absolute Gasteiger partial charge is 0.481 e. The maximum absolute atomic E-state index is 11.5. The first kappa shape index (κ1) is 19.6. The predicted molar refractivity (Wildman–Crippen MR) is 87.4 cm³/mol. The van der Waals surface area contributed by atoms with Crippen LogP contribution in [0.25, 0.3) is 0 Å². The van der Waals surface area contributed by atoms with Crippen molar-refractivity contribution in [2.24, 2.45) is 0 Å². The Morgan fingerprint density at radius 2 is 1.48 bits per heavy atom.